The highest BCUT2D eigenvalue weighted by atomic mass is 16.5. The SMILES string of the molecule is CCc1ccc(N2C(N)=C(C#N)C(c3cc(C)cc(COc4ccc(C)cc4)c3C)C3=C2CCCC3=O)cc1. The molecule has 0 saturated heterocycles. The van der Waals surface area contributed by atoms with Gasteiger partial charge < -0.3 is 10.5 Å². The molecule has 0 fully saturated rings. The Kier molecular flexibility index (Phi) is 7.30. The van der Waals surface area contributed by atoms with Crippen molar-refractivity contribution in [1.82, 2.24) is 0 Å². The lowest BCUT2D eigenvalue weighted by molar-refractivity contribution is -0.116. The molecule has 5 heteroatoms. The smallest absolute Gasteiger partial charge is 0.161 e. The Bertz CT molecular complexity index is 1520. The molecule has 1 unspecified atom stereocenters. The Hall–Kier alpha value is -4.30. The first kappa shape index (κ1) is 26.3. The Balaban J connectivity index is 1.61. The Morgan fingerprint density at radius 1 is 1.00 bits per heavy atom. The third-order valence-corrected chi connectivity index (χ3v) is 7.94. The van der Waals surface area contributed by atoms with E-state index in [1.165, 1.54) is 11.1 Å². The normalized spacial score (nSPS) is 17.3. The highest BCUT2D eigenvalue weighted by molar-refractivity contribution is 6.01. The standard InChI is InChI=1S/C34H35N3O2/c1-5-24-11-13-26(14-12-24)37-30-7-6-8-31(38)33(30)32(29(19-35)34(37)36)28-18-22(3)17-25(23(28)4)20-39-27-15-9-21(2)10-16-27/h9-18,32H,5-8,20,36H2,1-4H3. The molecule has 0 saturated carbocycles. The lowest BCUT2D eigenvalue weighted by atomic mass is 9.73. The number of benzene rings is 3. The van der Waals surface area contributed by atoms with E-state index in [1.807, 2.05) is 55.1 Å². The fourth-order valence-corrected chi connectivity index (χ4v) is 5.78. The number of aryl methyl sites for hydroxylation is 3. The maximum atomic E-state index is 13.6. The topological polar surface area (TPSA) is 79.3 Å². The number of anilines is 1. The molecular formula is C34H35N3O2. The van der Waals surface area contributed by atoms with E-state index in [-0.39, 0.29) is 5.78 Å². The maximum absolute atomic E-state index is 13.6. The van der Waals surface area contributed by atoms with E-state index in [2.05, 4.69) is 44.2 Å². The summed E-state index contributed by atoms with van der Waals surface area (Å²) in [7, 11) is 0. The van der Waals surface area contributed by atoms with Crippen LogP contribution in [0.1, 0.15) is 65.5 Å². The first-order valence-electron chi connectivity index (χ1n) is 13.7. The molecule has 39 heavy (non-hydrogen) atoms. The third kappa shape index (κ3) is 4.95. The van der Waals surface area contributed by atoms with Gasteiger partial charge in [0, 0.05) is 23.4 Å². The minimum absolute atomic E-state index is 0.0926. The Morgan fingerprint density at radius 2 is 1.72 bits per heavy atom. The number of hydrogen-bond acceptors (Lipinski definition) is 5. The second-order valence-corrected chi connectivity index (χ2v) is 10.6. The van der Waals surface area contributed by atoms with Crippen molar-refractivity contribution >= 4 is 11.5 Å². The molecule has 3 aromatic carbocycles. The molecule has 0 radical (unpaired) electrons. The van der Waals surface area contributed by atoms with Crippen LogP contribution in [0.2, 0.25) is 0 Å². The molecule has 1 aliphatic carbocycles. The summed E-state index contributed by atoms with van der Waals surface area (Å²) in [5.41, 5.74) is 16.2. The van der Waals surface area contributed by atoms with E-state index in [0.29, 0.717) is 30.0 Å². The van der Waals surface area contributed by atoms with Gasteiger partial charge in [0.15, 0.2) is 5.78 Å². The largest absolute Gasteiger partial charge is 0.489 e. The van der Waals surface area contributed by atoms with Gasteiger partial charge in [-0.1, -0.05) is 54.4 Å². The molecule has 0 amide bonds. The summed E-state index contributed by atoms with van der Waals surface area (Å²) >= 11 is 0. The zero-order valence-corrected chi connectivity index (χ0v) is 23.2. The first-order valence-corrected chi connectivity index (χ1v) is 13.7. The molecule has 1 atom stereocenters. The number of carbonyl (C=O) groups is 1. The molecule has 0 spiro atoms. The number of ketones is 1. The van der Waals surface area contributed by atoms with Crippen LogP contribution < -0.4 is 15.4 Å². The number of carbonyl (C=O) groups excluding carboxylic acids is 1. The van der Waals surface area contributed by atoms with Crippen molar-refractivity contribution in [3.8, 4) is 11.8 Å². The molecule has 5 nitrogen and oxygen atoms in total. The van der Waals surface area contributed by atoms with Crippen LogP contribution in [-0.2, 0) is 17.8 Å². The van der Waals surface area contributed by atoms with Crippen LogP contribution in [0.15, 0.2) is 83.3 Å². The summed E-state index contributed by atoms with van der Waals surface area (Å²) in [5.74, 6) is 0.801. The van der Waals surface area contributed by atoms with E-state index in [1.54, 1.807) is 0 Å². The molecule has 5 rings (SSSR count). The van der Waals surface area contributed by atoms with Gasteiger partial charge in [-0.2, -0.15) is 5.26 Å². The summed E-state index contributed by atoms with van der Waals surface area (Å²) in [6.07, 6.45) is 2.92. The van der Waals surface area contributed by atoms with Crippen molar-refractivity contribution in [2.45, 2.75) is 65.9 Å². The summed E-state index contributed by atoms with van der Waals surface area (Å²) < 4.78 is 6.13. The van der Waals surface area contributed by atoms with Gasteiger partial charge in [-0.15, -0.1) is 0 Å². The summed E-state index contributed by atoms with van der Waals surface area (Å²) in [5, 5.41) is 10.4. The van der Waals surface area contributed by atoms with Crippen molar-refractivity contribution in [2.75, 3.05) is 4.90 Å². The van der Waals surface area contributed by atoms with E-state index >= 15 is 0 Å². The van der Waals surface area contributed by atoms with Crippen LogP contribution in [0.5, 0.6) is 5.75 Å². The lowest BCUT2D eigenvalue weighted by Gasteiger charge is -2.40. The average molecular weight is 518 g/mol. The number of allylic oxidation sites excluding steroid dienone is 3. The highest BCUT2D eigenvalue weighted by Gasteiger charge is 2.41. The van der Waals surface area contributed by atoms with Crippen LogP contribution in [0, 0.1) is 32.1 Å². The van der Waals surface area contributed by atoms with E-state index < -0.39 is 5.92 Å². The van der Waals surface area contributed by atoms with Crippen LogP contribution >= 0.6 is 0 Å². The predicted molar refractivity (Wildman–Crippen MR) is 155 cm³/mol. The van der Waals surface area contributed by atoms with Crippen molar-refractivity contribution in [3.05, 3.63) is 117 Å². The quantitative estimate of drug-likeness (QED) is 0.379. The van der Waals surface area contributed by atoms with Gasteiger partial charge in [-0.3, -0.25) is 9.69 Å². The number of ether oxygens (including phenoxy) is 1. The molecule has 3 aromatic rings. The predicted octanol–water partition coefficient (Wildman–Crippen LogP) is 7.06. The van der Waals surface area contributed by atoms with Crippen LogP contribution in [0.3, 0.4) is 0 Å². The van der Waals surface area contributed by atoms with Gasteiger partial charge in [0.05, 0.1) is 17.6 Å². The van der Waals surface area contributed by atoms with Gasteiger partial charge in [0.25, 0.3) is 0 Å². The third-order valence-electron chi connectivity index (χ3n) is 7.94. The van der Waals surface area contributed by atoms with Crippen LogP contribution in [0.4, 0.5) is 5.69 Å². The summed E-state index contributed by atoms with van der Waals surface area (Å²) in [6.45, 7) is 8.66. The van der Waals surface area contributed by atoms with Crippen molar-refractivity contribution in [1.29, 1.82) is 5.26 Å². The minimum Gasteiger partial charge on any atom is -0.489 e. The van der Waals surface area contributed by atoms with Crippen molar-refractivity contribution < 1.29 is 9.53 Å². The van der Waals surface area contributed by atoms with E-state index in [0.717, 1.165) is 58.7 Å². The van der Waals surface area contributed by atoms with E-state index in [4.69, 9.17) is 10.5 Å². The molecule has 1 heterocycles. The molecule has 2 N–H and O–H groups in total. The number of nitrogens with two attached hydrogens (primary N) is 1. The highest BCUT2D eigenvalue weighted by Crippen LogP contribution is 2.47. The number of nitrogens with zero attached hydrogens (tertiary/aromatic N) is 2. The number of rotatable bonds is 6. The molecule has 0 aromatic heterocycles. The van der Waals surface area contributed by atoms with Gasteiger partial charge in [0.1, 0.15) is 18.2 Å². The number of hydrogen-bond donors (Lipinski definition) is 1. The number of Topliss-reactive ketones (excluding diaryl/α,β-unsaturated/α-hetero) is 1. The monoisotopic (exact) mass is 517 g/mol. The summed E-state index contributed by atoms with van der Waals surface area (Å²) in [6, 6.07) is 22.8. The minimum atomic E-state index is -0.498. The van der Waals surface area contributed by atoms with E-state index in [9.17, 15) is 10.1 Å². The Labute approximate surface area is 231 Å². The molecule has 0 bridgehead atoms. The fraction of sp³-hybridized carbons (Fsp3) is 0.294. The zero-order chi connectivity index (χ0) is 27.7. The van der Waals surface area contributed by atoms with Gasteiger partial charge in [0.2, 0.25) is 0 Å². The molecule has 1 aliphatic heterocycles. The lowest BCUT2D eigenvalue weighted by Crippen LogP contribution is -2.39. The second kappa shape index (κ2) is 10.8. The zero-order valence-electron chi connectivity index (χ0n) is 23.2. The van der Waals surface area contributed by atoms with Gasteiger partial charge >= 0.3 is 0 Å². The molecule has 198 valence electrons. The molecular weight excluding hydrogens is 482 g/mol. The Morgan fingerprint density at radius 3 is 2.38 bits per heavy atom. The maximum Gasteiger partial charge on any atom is 0.161 e. The summed E-state index contributed by atoms with van der Waals surface area (Å²) in [4.78, 5) is 15.5. The van der Waals surface area contributed by atoms with Crippen LogP contribution in [-0.4, -0.2) is 5.78 Å². The molecule has 2 aliphatic rings. The number of nitriles is 1. The van der Waals surface area contributed by atoms with Gasteiger partial charge in [-0.05, 0) is 86.6 Å². The van der Waals surface area contributed by atoms with Crippen molar-refractivity contribution in [3.63, 3.8) is 0 Å². The fourth-order valence-electron chi connectivity index (χ4n) is 5.78. The second-order valence-electron chi connectivity index (χ2n) is 10.6. The van der Waals surface area contributed by atoms with Gasteiger partial charge in [-0.25, -0.2) is 0 Å². The first-order chi connectivity index (χ1) is 18.8. The van der Waals surface area contributed by atoms with Crippen LogP contribution in [0.25, 0.3) is 0 Å². The van der Waals surface area contributed by atoms with Crippen molar-refractivity contribution in [2.24, 2.45) is 5.73 Å². The average Bonchev–Trinajstić information content (AvgIpc) is 2.94.